The summed E-state index contributed by atoms with van der Waals surface area (Å²) in [7, 11) is -3.94. The van der Waals surface area contributed by atoms with Gasteiger partial charge < -0.3 is 14.5 Å². The molecular weight excluding hydrogens is 523 g/mol. The van der Waals surface area contributed by atoms with Gasteiger partial charge in [0.1, 0.15) is 0 Å². The van der Waals surface area contributed by atoms with Crippen molar-refractivity contribution >= 4 is 21.8 Å². The van der Waals surface area contributed by atoms with Crippen LogP contribution < -0.4 is 5.14 Å². The summed E-state index contributed by atoms with van der Waals surface area (Å²) in [6, 6.07) is 2.10. The normalized spacial score (nSPS) is 24.9. The Balaban J connectivity index is 1.62. The Bertz CT molecular complexity index is 1200. The highest BCUT2D eigenvalue weighted by atomic mass is 32.2. The Morgan fingerprint density at radius 1 is 1.16 bits per heavy atom. The van der Waals surface area contributed by atoms with E-state index < -0.39 is 39.6 Å². The lowest BCUT2D eigenvalue weighted by Crippen LogP contribution is -2.54. The maximum Gasteiger partial charge on any atom is 0.471 e. The number of nitrogens with zero attached hydrogens (tertiary/aromatic N) is 2. The molecule has 1 aliphatic carbocycles. The number of carbonyl (C=O) groups excluding carboxylic acids is 2. The van der Waals surface area contributed by atoms with Gasteiger partial charge in [0.2, 0.25) is 15.9 Å². The van der Waals surface area contributed by atoms with E-state index in [1.165, 1.54) is 6.07 Å². The van der Waals surface area contributed by atoms with Gasteiger partial charge in [0.25, 0.3) is 0 Å². The predicted octanol–water partition coefficient (Wildman–Crippen LogP) is 3.29. The van der Waals surface area contributed by atoms with Gasteiger partial charge >= 0.3 is 12.1 Å². The molecule has 12 heteroatoms. The summed E-state index contributed by atoms with van der Waals surface area (Å²) >= 11 is 0. The molecule has 4 rings (SSSR count). The monoisotopic (exact) mass is 559 g/mol. The summed E-state index contributed by atoms with van der Waals surface area (Å²) in [5.41, 5.74) is 1.09. The van der Waals surface area contributed by atoms with Crippen LogP contribution in [0.15, 0.2) is 17.0 Å². The lowest BCUT2D eigenvalue weighted by Gasteiger charge is -2.42. The molecule has 2 N–H and O–H groups in total. The Morgan fingerprint density at radius 3 is 2.39 bits per heavy atom. The van der Waals surface area contributed by atoms with Crippen LogP contribution >= 0.6 is 0 Å². The van der Waals surface area contributed by atoms with Gasteiger partial charge in [0.15, 0.2) is 0 Å². The van der Waals surface area contributed by atoms with Crippen molar-refractivity contribution in [1.29, 1.82) is 0 Å². The number of sulfonamides is 1. The van der Waals surface area contributed by atoms with Crippen LogP contribution in [0.2, 0.25) is 0 Å². The fourth-order valence-corrected chi connectivity index (χ4v) is 7.47. The Kier molecular flexibility index (Phi) is 7.90. The van der Waals surface area contributed by atoms with Gasteiger partial charge in [-0.05, 0) is 74.1 Å². The minimum absolute atomic E-state index is 0.0665. The lowest BCUT2D eigenvalue weighted by atomic mass is 9.73. The second-order valence-corrected chi connectivity index (χ2v) is 12.7. The number of hydrogen-bond acceptors (Lipinski definition) is 5. The smallest absolute Gasteiger partial charge is 0.381 e. The van der Waals surface area contributed by atoms with Gasteiger partial charge in [0, 0.05) is 38.4 Å². The molecule has 38 heavy (non-hydrogen) atoms. The topological polar surface area (TPSA) is 110 Å². The number of hydrogen-bond donors (Lipinski definition) is 1. The number of primary sulfonamides is 1. The number of benzene rings is 1. The summed E-state index contributed by atoms with van der Waals surface area (Å²) in [4.78, 5) is 29.4. The average Bonchev–Trinajstić information content (AvgIpc) is 3.28. The molecule has 2 atom stereocenters. The standard InChI is InChI=1S/C26H36F3N3O5S/c1-16(2)25(8-4-20(14-25)32(24(34)26(27,28)29)19-6-10-37-11-7-19)23(33)31-9-5-21-18(15-31)12-17(3)13-22(21)38(30,35)36/h12-13,16,19-20H,4-11,14-15H2,1-3H3,(H2,30,35,36)/t20-,25+/m1/s1. The molecular formula is C26H36F3N3O5S. The average molecular weight is 560 g/mol. The quantitative estimate of drug-likeness (QED) is 0.596. The number of ether oxygens (including phenoxy) is 1. The first-order valence-electron chi connectivity index (χ1n) is 13.1. The molecule has 2 aliphatic heterocycles. The summed E-state index contributed by atoms with van der Waals surface area (Å²) in [5.74, 6) is -2.18. The van der Waals surface area contributed by atoms with E-state index in [4.69, 9.17) is 9.88 Å². The molecule has 1 saturated heterocycles. The Hall–Kier alpha value is -2.18. The first-order chi connectivity index (χ1) is 17.6. The number of alkyl halides is 3. The van der Waals surface area contributed by atoms with Crippen molar-refractivity contribution < 1.29 is 35.9 Å². The fourth-order valence-electron chi connectivity index (χ4n) is 6.55. The van der Waals surface area contributed by atoms with Crippen molar-refractivity contribution in [2.45, 2.75) is 89.0 Å². The molecule has 1 aromatic carbocycles. The van der Waals surface area contributed by atoms with E-state index in [9.17, 15) is 31.2 Å². The molecule has 0 aromatic heterocycles. The van der Waals surface area contributed by atoms with Gasteiger partial charge in [-0.1, -0.05) is 19.9 Å². The predicted molar refractivity (Wildman–Crippen MR) is 133 cm³/mol. The number of rotatable bonds is 5. The number of aryl methyl sites for hydroxylation is 1. The van der Waals surface area contributed by atoms with Crippen molar-refractivity contribution in [2.24, 2.45) is 16.5 Å². The van der Waals surface area contributed by atoms with Crippen molar-refractivity contribution in [2.75, 3.05) is 19.8 Å². The first-order valence-corrected chi connectivity index (χ1v) is 14.6. The van der Waals surface area contributed by atoms with Crippen LogP contribution in [0.1, 0.15) is 62.6 Å². The van der Waals surface area contributed by atoms with Gasteiger partial charge in [-0.3, -0.25) is 9.59 Å². The Morgan fingerprint density at radius 2 is 1.82 bits per heavy atom. The fraction of sp³-hybridized carbons (Fsp3) is 0.692. The van der Waals surface area contributed by atoms with Crippen LogP contribution in [-0.2, 0) is 37.3 Å². The Labute approximate surface area is 221 Å². The molecule has 2 fully saturated rings. The second-order valence-electron chi connectivity index (χ2n) is 11.2. The molecule has 0 bridgehead atoms. The second kappa shape index (κ2) is 10.4. The maximum absolute atomic E-state index is 14.1. The number of halogens is 3. The van der Waals surface area contributed by atoms with Crippen LogP contribution in [0.5, 0.6) is 0 Å². The van der Waals surface area contributed by atoms with E-state index in [1.807, 2.05) is 19.9 Å². The van der Waals surface area contributed by atoms with Gasteiger partial charge in [-0.2, -0.15) is 13.2 Å². The number of carbonyl (C=O) groups is 2. The molecule has 3 aliphatic rings. The SMILES string of the molecule is Cc1cc2c(c(S(N)(=O)=O)c1)CCN(C(=O)[C@@]1(C(C)C)CC[C@@H](N(C(=O)C(F)(F)F)C3CCOCC3)C1)C2. The third kappa shape index (κ3) is 5.44. The number of amides is 2. The van der Waals surface area contributed by atoms with E-state index in [1.54, 1.807) is 11.8 Å². The van der Waals surface area contributed by atoms with Crippen LogP contribution in [0.25, 0.3) is 0 Å². The van der Waals surface area contributed by atoms with E-state index >= 15 is 0 Å². The summed E-state index contributed by atoms with van der Waals surface area (Å²) < 4.78 is 70.6. The zero-order valence-corrected chi connectivity index (χ0v) is 22.8. The van der Waals surface area contributed by atoms with Crippen molar-refractivity contribution in [3.05, 3.63) is 28.8 Å². The molecule has 0 spiro atoms. The molecule has 1 aromatic rings. The van der Waals surface area contributed by atoms with Gasteiger partial charge in [-0.15, -0.1) is 0 Å². The largest absolute Gasteiger partial charge is 0.471 e. The molecule has 0 radical (unpaired) electrons. The summed E-state index contributed by atoms with van der Waals surface area (Å²) in [6.45, 7) is 6.61. The van der Waals surface area contributed by atoms with Gasteiger partial charge in [0.05, 0.1) is 10.3 Å². The molecule has 1 saturated carbocycles. The highest BCUT2D eigenvalue weighted by molar-refractivity contribution is 7.89. The number of nitrogens with two attached hydrogens (primary N) is 1. The van der Waals surface area contributed by atoms with E-state index in [0.29, 0.717) is 62.0 Å². The van der Waals surface area contributed by atoms with Crippen LogP contribution in [0.3, 0.4) is 0 Å². The molecule has 0 unspecified atom stereocenters. The van der Waals surface area contributed by atoms with Gasteiger partial charge in [-0.25, -0.2) is 13.6 Å². The minimum atomic E-state index is -5.00. The van der Waals surface area contributed by atoms with Crippen molar-refractivity contribution in [1.82, 2.24) is 9.80 Å². The third-order valence-corrected chi connectivity index (χ3v) is 9.52. The minimum Gasteiger partial charge on any atom is -0.381 e. The van der Waals surface area contributed by atoms with E-state index in [-0.39, 0.29) is 36.2 Å². The van der Waals surface area contributed by atoms with E-state index in [2.05, 4.69) is 0 Å². The first kappa shape index (κ1) is 28.8. The van der Waals surface area contributed by atoms with E-state index in [0.717, 1.165) is 4.90 Å². The maximum atomic E-state index is 14.1. The van der Waals surface area contributed by atoms with Crippen LogP contribution in [0, 0.1) is 18.3 Å². The van der Waals surface area contributed by atoms with Crippen LogP contribution in [-0.4, -0.2) is 68.1 Å². The van der Waals surface area contributed by atoms with Crippen LogP contribution in [0.4, 0.5) is 13.2 Å². The van der Waals surface area contributed by atoms with Crippen molar-refractivity contribution in [3.63, 3.8) is 0 Å². The lowest BCUT2D eigenvalue weighted by molar-refractivity contribution is -0.192. The molecule has 8 nitrogen and oxygen atoms in total. The summed E-state index contributed by atoms with van der Waals surface area (Å²) in [5, 5.41) is 5.44. The molecule has 2 heterocycles. The summed E-state index contributed by atoms with van der Waals surface area (Å²) in [6.07, 6.45) is -3.19. The highest BCUT2D eigenvalue weighted by Crippen LogP contribution is 2.49. The third-order valence-electron chi connectivity index (χ3n) is 8.54. The number of fused-ring (bicyclic) bond motifs is 1. The molecule has 2 amide bonds. The zero-order chi connectivity index (χ0) is 28.0. The highest BCUT2D eigenvalue weighted by Gasteiger charge is 2.55. The van der Waals surface area contributed by atoms with Crippen molar-refractivity contribution in [3.8, 4) is 0 Å². The zero-order valence-electron chi connectivity index (χ0n) is 22.0. The molecule has 212 valence electrons.